The third kappa shape index (κ3) is 4.54. The van der Waals surface area contributed by atoms with Crippen molar-refractivity contribution >= 4 is 34.2 Å². The molecule has 1 saturated carbocycles. The maximum Gasteiger partial charge on any atom is 0.341 e. The predicted octanol–water partition coefficient (Wildman–Crippen LogP) is 3.73. The van der Waals surface area contributed by atoms with Crippen molar-refractivity contribution in [2.24, 2.45) is 11.8 Å². The molecule has 1 N–H and O–H groups in total. The van der Waals surface area contributed by atoms with Crippen LogP contribution in [0.3, 0.4) is 0 Å². The van der Waals surface area contributed by atoms with Gasteiger partial charge in [-0.3, -0.25) is 9.59 Å². The number of esters is 2. The van der Waals surface area contributed by atoms with Gasteiger partial charge < -0.3 is 14.8 Å². The van der Waals surface area contributed by atoms with Gasteiger partial charge in [-0.1, -0.05) is 37.3 Å². The van der Waals surface area contributed by atoms with E-state index in [9.17, 15) is 14.4 Å². The first-order chi connectivity index (χ1) is 13.0. The summed E-state index contributed by atoms with van der Waals surface area (Å²) in [4.78, 5) is 36.4. The minimum atomic E-state index is -0.503. The molecule has 3 rings (SSSR count). The van der Waals surface area contributed by atoms with E-state index in [1.165, 1.54) is 11.3 Å². The standard InChI is InChI=1S/C20H21NO5S/c1-3-25-20(24)17-15(13-7-5-4-6-8-13)11-27-18(17)21-16(22)10-26-19(23)14-9-12(14)2/h4-8,11-12,14H,3,9-10H2,1-2H3,(H,21,22)/t12-,14+/m1/s1. The Kier molecular flexibility index (Phi) is 5.91. The van der Waals surface area contributed by atoms with Crippen LogP contribution in [-0.4, -0.2) is 31.1 Å². The fourth-order valence-electron chi connectivity index (χ4n) is 2.74. The minimum absolute atomic E-state index is 0.0979. The summed E-state index contributed by atoms with van der Waals surface area (Å²) in [6.07, 6.45) is 0.804. The highest BCUT2D eigenvalue weighted by Gasteiger charge is 2.40. The molecule has 6 nitrogen and oxygen atoms in total. The van der Waals surface area contributed by atoms with E-state index in [1.54, 1.807) is 12.3 Å². The highest BCUT2D eigenvalue weighted by atomic mass is 32.1. The summed E-state index contributed by atoms with van der Waals surface area (Å²) in [6.45, 7) is 3.55. The van der Waals surface area contributed by atoms with E-state index in [1.807, 2.05) is 37.3 Å². The Labute approximate surface area is 161 Å². The fourth-order valence-corrected chi connectivity index (χ4v) is 3.72. The van der Waals surface area contributed by atoms with Crippen molar-refractivity contribution in [2.45, 2.75) is 20.3 Å². The number of nitrogens with one attached hydrogen (secondary N) is 1. The average Bonchev–Trinajstić information content (AvgIpc) is 3.25. The molecule has 1 aromatic heterocycles. The van der Waals surface area contributed by atoms with Crippen molar-refractivity contribution < 1.29 is 23.9 Å². The molecular weight excluding hydrogens is 366 g/mol. The molecular formula is C20H21NO5S. The van der Waals surface area contributed by atoms with Crippen LogP contribution in [0.2, 0.25) is 0 Å². The maximum atomic E-state index is 12.4. The Hall–Kier alpha value is -2.67. The van der Waals surface area contributed by atoms with Crippen LogP contribution in [-0.2, 0) is 19.1 Å². The lowest BCUT2D eigenvalue weighted by Gasteiger charge is -2.09. The molecule has 0 bridgehead atoms. The van der Waals surface area contributed by atoms with Crippen LogP contribution in [0.15, 0.2) is 35.7 Å². The molecule has 1 fully saturated rings. The molecule has 142 valence electrons. The molecule has 1 heterocycles. The lowest BCUT2D eigenvalue weighted by atomic mass is 10.0. The van der Waals surface area contributed by atoms with Crippen molar-refractivity contribution in [3.8, 4) is 11.1 Å². The zero-order chi connectivity index (χ0) is 19.4. The number of rotatable bonds is 7. The van der Waals surface area contributed by atoms with Crippen LogP contribution in [0.5, 0.6) is 0 Å². The summed E-state index contributed by atoms with van der Waals surface area (Å²) in [5.41, 5.74) is 1.85. The second-order valence-electron chi connectivity index (χ2n) is 6.42. The van der Waals surface area contributed by atoms with Crippen LogP contribution in [0.25, 0.3) is 11.1 Å². The smallest absolute Gasteiger partial charge is 0.341 e. The summed E-state index contributed by atoms with van der Waals surface area (Å²) in [7, 11) is 0. The molecule has 2 aromatic rings. The SMILES string of the molecule is CCOC(=O)c1c(-c2ccccc2)csc1NC(=O)COC(=O)[C@H]1C[C@H]1C. The van der Waals surface area contributed by atoms with E-state index < -0.39 is 11.9 Å². The van der Waals surface area contributed by atoms with E-state index in [0.29, 0.717) is 22.0 Å². The minimum Gasteiger partial charge on any atom is -0.462 e. The van der Waals surface area contributed by atoms with Gasteiger partial charge in [-0.15, -0.1) is 11.3 Å². The summed E-state index contributed by atoms with van der Waals surface area (Å²) in [5.74, 6) is -1.11. The van der Waals surface area contributed by atoms with Crippen molar-refractivity contribution in [3.05, 3.63) is 41.3 Å². The first kappa shape index (κ1) is 19.1. The lowest BCUT2D eigenvalue weighted by Crippen LogP contribution is -2.22. The number of carbonyl (C=O) groups is 3. The van der Waals surface area contributed by atoms with E-state index in [4.69, 9.17) is 9.47 Å². The van der Waals surface area contributed by atoms with Gasteiger partial charge in [0, 0.05) is 10.9 Å². The topological polar surface area (TPSA) is 81.7 Å². The van der Waals surface area contributed by atoms with E-state index in [-0.39, 0.29) is 25.1 Å². The molecule has 7 heteroatoms. The molecule has 1 aromatic carbocycles. The van der Waals surface area contributed by atoms with Crippen molar-refractivity contribution in [1.29, 1.82) is 0 Å². The molecule has 0 unspecified atom stereocenters. The van der Waals surface area contributed by atoms with Gasteiger partial charge in [0.05, 0.1) is 12.5 Å². The van der Waals surface area contributed by atoms with Crippen molar-refractivity contribution in [3.63, 3.8) is 0 Å². The number of amides is 1. The van der Waals surface area contributed by atoms with Crippen LogP contribution >= 0.6 is 11.3 Å². The lowest BCUT2D eigenvalue weighted by molar-refractivity contribution is -0.148. The molecule has 0 saturated heterocycles. The predicted molar refractivity (Wildman–Crippen MR) is 103 cm³/mol. The fraction of sp³-hybridized carbons (Fsp3) is 0.350. The number of benzene rings is 1. The number of carbonyl (C=O) groups excluding carboxylic acids is 3. The highest BCUT2D eigenvalue weighted by molar-refractivity contribution is 7.15. The molecule has 1 aliphatic carbocycles. The first-order valence-corrected chi connectivity index (χ1v) is 9.69. The third-order valence-corrected chi connectivity index (χ3v) is 5.26. The van der Waals surface area contributed by atoms with Crippen LogP contribution in [0.1, 0.15) is 30.6 Å². The quantitative estimate of drug-likeness (QED) is 0.732. The first-order valence-electron chi connectivity index (χ1n) is 8.81. The summed E-state index contributed by atoms with van der Waals surface area (Å²) in [5, 5.41) is 4.85. The average molecular weight is 387 g/mol. The van der Waals surface area contributed by atoms with E-state index in [0.717, 1.165) is 12.0 Å². The number of hydrogen-bond donors (Lipinski definition) is 1. The zero-order valence-corrected chi connectivity index (χ0v) is 16.0. The second-order valence-corrected chi connectivity index (χ2v) is 7.30. The van der Waals surface area contributed by atoms with E-state index >= 15 is 0 Å². The Morgan fingerprint density at radius 1 is 1.19 bits per heavy atom. The van der Waals surface area contributed by atoms with Crippen molar-refractivity contribution in [2.75, 3.05) is 18.5 Å². The van der Waals surface area contributed by atoms with Crippen LogP contribution in [0, 0.1) is 11.8 Å². The molecule has 1 amide bonds. The Morgan fingerprint density at radius 3 is 2.52 bits per heavy atom. The number of anilines is 1. The zero-order valence-electron chi connectivity index (χ0n) is 15.2. The number of ether oxygens (including phenoxy) is 2. The molecule has 0 spiro atoms. The van der Waals surface area contributed by atoms with Gasteiger partial charge in [0.2, 0.25) is 0 Å². The Morgan fingerprint density at radius 2 is 1.89 bits per heavy atom. The van der Waals surface area contributed by atoms with Gasteiger partial charge in [0.15, 0.2) is 6.61 Å². The molecule has 0 radical (unpaired) electrons. The van der Waals surface area contributed by atoms with Gasteiger partial charge in [0.1, 0.15) is 10.6 Å². The van der Waals surface area contributed by atoms with Gasteiger partial charge in [0.25, 0.3) is 5.91 Å². The normalized spacial score (nSPS) is 17.9. The summed E-state index contributed by atoms with van der Waals surface area (Å²) >= 11 is 1.23. The monoisotopic (exact) mass is 387 g/mol. The molecule has 0 aliphatic heterocycles. The number of thiophene rings is 1. The summed E-state index contributed by atoms with van der Waals surface area (Å²) < 4.78 is 10.2. The third-order valence-electron chi connectivity index (χ3n) is 4.37. The van der Waals surface area contributed by atoms with Gasteiger partial charge in [-0.25, -0.2) is 4.79 Å². The Bertz CT molecular complexity index is 845. The van der Waals surface area contributed by atoms with Gasteiger partial charge in [-0.05, 0) is 24.8 Å². The number of hydrogen-bond acceptors (Lipinski definition) is 6. The van der Waals surface area contributed by atoms with Crippen molar-refractivity contribution in [1.82, 2.24) is 0 Å². The van der Waals surface area contributed by atoms with E-state index in [2.05, 4.69) is 5.32 Å². The summed E-state index contributed by atoms with van der Waals surface area (Å²) in [6, 6.07) is 9.40. The Balaban J connectivity index is 1.74. The van der Waals surface area contributed by atoms with Gasteiger partial charge in [-0.2, -0.15) is 0 Å². The molecule has 2 atom stereocenters. The largest absolute Gasteiger partial charge is 0.462 e. The molecule has 27 heavy (non-hydrogen) atoms. The maximum absolute atomic E-state index is 12.4. The van der Waals surface area contributed by atoms with Gasteiger partial charge >= 0.3 is 11.9 Å². The van der Waals surface area contributed by atoms with Crippen LogP contribution < -0.4 is 5.32 Å². The second kappa shape index (κ2) is 8.35. The highest BCUT2D eigenvalue weighted by Crippen LogP contribution is 2.39. The van der Waals surface area contributed by atoms with Crippen LogP contribution in [0.4, 0.5) is 5.00 Å². The molecule has 1 aliphatic rings.